The predicted molar refractivity (Wildman–Crippen MR) is 93.9 cm³/mol. The van der Waals surface area contributed by atoms with Crippen molar-refractivity contribution in [1.29, 1.82) is 0 Å². The summed E-state index contributed by atoms with van der Waals surface area (Å²) in [6.07, 6.45) is 3.37. The standard InChI is InChI=1S/C17H15BrN4O2/c18-13-1-5-15(6-2-13)24-16-7-3-14(4-8-16)21-17(23)9-10-22-12-19-11-20-22/h1-8,11-12H,9-10H2,(H,21,23). The first-order chi connectivity index (χ1) is 11.7. The van der Waals surface area contributed by atoms with Crippen molar-refractivity contribution in [1.82, 2.24) is 14.8 Å². The van der Waals surface area contributed by atoms with Crippen LogP contribution in [-0.2, 0) is 11.3 Å². The van der Waals surface area contributed by atoms with Gasteiger partial charge in [-0.25, -0.2) is 4.98 Å². The second-order valence-electron chi connectivity index (χ2n) is 5.04. The lowest BCUT2D eigenvalue weighted by atomic mass is 10.3. The molecule has 3 rings (SSSR count). The van der Waals surface area contributed by atoms with Gasteiger partial charge in [-0.05, 0) is 48.5 Å². The van der Waals surface area contributed by atoms with Crippen LogP contribution >= 0.6 is 15.9 Å². The molecule has 0 aliphatic heterocycles. The third-order valence-electron chi connectivity index (χ3n) is 3.22. The van der Waals surface area contributed by atoms with Gasteiger partial charge in [-0.2, -0.15) is 5.10 Å². The molecule has 0 radical (unpaired) electrons. The molecule has 6 nitrogen and oxygen atoms in total. The molecule has 122 valence electrons. The minimum atomic E-state index is -0.0768. The summed E-state index contributed by atoms with van der Waals surface area (Å²) in [5.74, 6) is 1.38. The number of hydrogen-bond donors (Lipinski definition) is 1. The first kappa shape index (κ1) is 16.2. The molecule has 1 amide bonds. The smallest absolute Gasteiger partial charge is 0.226 e. The van der Waals surface area contributed by atoms with Crippen molar-refractivity contribution >= 4 is 27.5 Å². The molecule has 0 saturated carbocycles. The van der Waals surface area contributed by atoms with Crippen LogP contribution in [0.2, 0.25) is 0 Å². The van der Waals surface area contributed by atoms with Gasteiger partial charge in [0.1, 0.15) is 24.2 Å². The second-order valence-corrected chi connectivity index (χ2v) is 5.95. The van der Waals surface area contributed by atoms with E-state index in [1.807, 2.05) is 48.5 Å². The van der Waals surface area contributed by atoms with Gasteiger partial charge in [-0.1, -0.05) is 15.9 Å². The van der Waals surface area contributed by atoms with Crippen molar-refractivity contribution in [3.63, 3.8) is 0 Å². The van der Waals surface area contributed by atoms with Gasteiger partial charge in [-0.15, -0.1) is 0 Å². The number of halogens is 1. The molecule has 1 N–H and O–H groups in total. The van der Waals surface area contributed by atoms with Crippen LogP contribution in [0.4, 0.5) is 5.69 Å². The Labute approximate surface area is 147 Å². The monoisotopic (exact) mass is 386 g/mol. The van der Waals surface area contributed by atoms with E-state index in [9.17, 15) is 4.79 Å². The second kappa shape index (κ2) is 7.74. The Kier molecular flexibility index (Phi) is 5.22. The van der Waals surface area contributed by atoms with Crippen LogP contribution in [0, 0.1) is 0 Å². The van der Waals surface area contributed by atoms with Gasteiger partial charge < -0.3 is 10.1 Å². The van der Waals surface area contributed by atoms with Crippen LogP contribution in [0.3, 0.4) is 0 Å². The quantitative estimate of drug-likeness (QED) is 0.698. The van der Waals surface area contributed by atoms with Crippen LogP contribution in [-0.4, -0.2) is 20.7 Å². The molecule has 2 aromatic carbocycles. The highest BCUT2D eigenvalue weighted by Gasteiger charge is 2.04. The molecule has 0 fully saturated rings. The molecular weight excluding hydrogens is 372 g/mol. The number of nitrogens with one attached hydrogen (secondary N) is 1. The summed E-state index contributed by atoms with van der Waals surface area (Å²) >= 11 is 3.38. The van der Waals surface area contributed by atoms with E-state index in [0.717, 1.165) is 15.9 Å². The van der Waals surface area contributed by atoms with E-state index in [4.69, 9.17) is 4.74 Å². The lowest BCUT2D eigenvalue weighted by Crippen LogP contribution is -2.14. The lowest BCUT2D eigenvalue weighted by molar-refractivity contribution is -0.116. The molecule has 0 unspecified atom stereocenters. The van der Waals surface area contributed by atoms with E-state index in [-0.39, 0.29) is 5.91 Å². The largest absolute Gasteiger partial charge is 0.457 e. The van der Waals surface area contributed by atoms with Crippen LogP contribution in [0.15, 0.2) is 65.7 Å². The number of nitrogens with zero attached hydrogens (tertiary/aromatic N) is 3. The number of rotatable bonds is 6. The molecule has 7 heteroatoms. The van der Waals surface area contributed by atoms with E-state index in [2.05, 4.69) is 31.3 Å². The summed E-state index contributed by atoms with van der Waals surface area (Å²) in [5, 5.41) is 6.80. The van der Waals surface area contributed by atoms with Crippen LogP contribution in [0.1, 0.15) is 6.42 Å². The topological polar surface area (TPSA) is 69.0 Å². The summed E-state index contributed by atoms with van der Waals surface area (Å²) in [5.41, 5.74) is 0.724. The molecule has 0 saturated heterocycles. The van der Waals surface area contributed by atoms with Crippen LogP contribution < -0.4 is 10.1 Å². The maximum Gasteiger partial charge on any atom is 0.226 e. The van der Waals surface area contributed by atoms with Crippen molar-refractivity contribution in [3.05, 3.63) is 65.7 Å². The Balaban J connectivity index is 1.52. The summed E-state index contributed by atoms with van der Waals surface area (Å²) in [4.78, 5) is 15.7. The molecule has 0 bridgehead atoms. The number of benzene rings is 2. The Morgan fingerprint density at radius 1 is 1.08 bits per heavy atom. The van der Waals surface area contributed by atoms with Gasteiger partial charge in [0.05, 0.1) is 6.54 Å². The molecule has 0 aliphatic rings. The summed E-state index contributed by atoms with van der Waals surface area (Å²) in [6.45, 7) is 0.497. The van der Waals surface area contributed by atoms with Gasteiger partial charge in [0.25, 0.3) is 0 Å². The van der Waals surface area contributed by atoms with E-state index in [0.29, 0.717) is 18.7 Å². The first-order valence-electron chi connectivity index (χ1n) is 7.35. The van der Waals surface area contributed by atoms with Gasteiger partial charge in [0, 0.05) is 16.6 Å². The van der Waals surface area contributed by atoms with E-state index in [1.54, 1.807) is 11.0 Å². The number of aromatic nitrogens is 3. The average molecular weight is 387 g/mol. The van der Waals surface area contributed by atoms with E-state index in [1.165, 1.54) is 6.33 Å². The predicted octanol–water partition coefficient (Wildman–Crippen LogP) is 3.86. The minimum Gasteiger partial charge on any atom is -0.457 e. The highest BCUT2D eigenvalue weighted by Crippen LogP contribution is 2.24. The van der Waals surface area contributed by atoms with Crippen molar-refractivity contribution in [2.75, 3.05) is 5.32 Å². The highest BCUT2D eigenvalue weighted by atomic mass is 79.9. The molecular formula is C17H15BrN4O2. The third kappa shape index (κ3) is 4.66. The Bertz CT molecular complexity index is 786. The number of anilines is 1. The van der Waals surface area contributed by atoms with Gasteiger partial charge in [0.2, 0.25) is 5.91 Å². The summed E-state index contributed by atoms with van der Waals surface area (Å²) < 4.78 is 8.36. The summed E-state index contributed by atoms with van der Waals surface area (Å²) in [7, 11) is 0. The Morgan fingerprint density at radius 3 is 2.38 bits per heavy atom. The fraction of sp³-hybridized carbons (Fsp3) is 0.118. The summed E-state index contributed by atoms with van der Waals surface area (Å²) in [6, 6.07) is 14.8. The third-order valence-corrected chi connectivity index (χ3v) is 3.75. The first-order valence-corrected chi connectivity index (χ1v) is 8.14. The molecule has 1 aromatic heterocycles. The fourth-order valence-electron chi connectivity index (χ4n) is 2.03. The number of amides is 1. The van der Waals surface area contributed by atoms with E-state index < -0.39 is 0 Å². The number of carbonyl (C=O) groups is 1. The molecule has 0 aliphatic carbocycles. The van der Waals surface area contributed by atoms with Crippen LogP contribution in [0.25, 0.3) is 0 Å². The maximum atomic E-state index is 11.9. The minimum absolute atomic E-state index is 0.0768. The van der Waals surface area contributed by atoms with Crippen molar-refractivity contribution < 1.29 is 9.53 Å². The van der Waals surface area contributed by atoms with Crippen molar-refractivity contribution in [2.24, 2.45) is 0 Å². The SMILES string of the molecule is O=C(CCn1cncn1)Nc1ccc(Oc2ccc(Br)cc2)cc1. The number of ether oxygens (including phenoxy) is 1. The molecule has 0 atom stereocenters. The van der Waals surface area contributed by atoms with Gasteiger partial charge >= 0.3 is 0 Å². The molecule has 24 heavy (non-hydrogen) atoms. The molecule has 1 heterocycles. The maximum absolute atomic E-state index is 11.9. The molecule has 3 aromatic rings. The van der Waals surface area contributed by atoms with Crippen molar-refractivity contribution in [2.45, 2.75) is 13.0 Å². The Morgan fingerprint density at radius 2 is 1.75 bits per heavy atom. The Hall–Kier alpha value is -2.67. The zero-order chi connectivity index (χ0) is 16.8. The van der Waals surface area contributed by atoms with Gasteiger partial charge in [0.15, 0.2) is 0 Å². The number of carbonyl (C=O) groups excluding carboxylic acids is 1. The number of aryl methyl sites for hydroxylation is 1. The average Bonchev–Trinajstić information content (AvgIpc) is 3.10. The normalized spacial score (nSPS) is 10.4. The number of hydrogen-bond acceptors (Lipinski definition) is 4. The van der Waals surface area contributed by atoms with Gasteiger partial charge in [-0.3, -0.25) is 9.48 Å². The van der Waals surface area contributed by atoms with E-state index >= 15 is 0 Å². The van der Waals surface area contributed by atoms with Crippen molar-refractivity contribution in [3.8, 4) is 11.5 Å². The highest BCUT2D eigenvalue weighted by molar-refractivity contribution is 9.10. The zero-order valence-electron chi connectivity index (χ0n) is 12.7. The zero-order valence-corrected chi connectivity index (χ0v) is 14.3. The lowest BCUT2D eigenvalue weighted by Gasteiger charge is -2.08. The molecule has 0 spiro atoms. The van der Waals surface area contributed by atoms with Crippen LogP contribution in [0.5, 0.6) is 11.5 Å². The fourth-order valence-corrected chi connectivity index (χ4v) is 2.30.